The summed E-state index contributed by atoms with van der Waals surface area (Å²) in [7, 11) is 0. The van der Waals surface area contributed by atoms with Gasteiger partial charge in [-0.3, -0.25) is 4.79 Å². The molecule has 0 spiro atoms. The molecule has 5 nitrogen and oxygen atoms in total. The first-order chi connectivity index (χ1) is 10.8. The van der Waals surface area contributed by atoms with Crippen LogP contribution in [0.3, 0.4) is 0 Å². The van der Waals surface area contributed by atoms with Gasteiger partial charge >= 0.3 is 35.5 Å². The number of ether oxygens (including phenoxy) is 1. The molecule has 0 amide bonds. The predicted molar refractivity (Wildman–Crippen MR) is 119 cm³/mol. The van der Waals surface area contributed by atoms with Crippen LogP contribution >= 0.6 is 67.8 Å². The van der Waals surface area contributed by atoms with E-state index in [0.29, 0.717) is 15.1 Å². The molecule has 2 aromatic carbocycles. The molecule has 9 heteroatoms. The van der Waals surface area contributed by atoms with Crippen LogP contribution in [-0.2, 0) is 11.2 Å². The Morgan fingerprint density at radius 3 is 2.21 bits per heavy atom. The number of halogens is 3. The fourth-order valence-corrected chi connectivity index (χ4v) is 4.44. The van der Waals surface area contributed by atoms with Crippen LogP contribution in [0.4, 0.5) is 0 Å². The van der Waals surface area contributed by atoms with Crippen molar-refractivity contribution < 1.29 is 19.7 Å². The molecule has 1 atom stereocenters. The fourth-order valence-electron chi connectivity index (χ4n) is 1.84. The number of phenols is 1. The van der Waals surface area contributed by atoms with E-state index < -0.39 is 12.0 Å². The van der Waals surface area contributed by atoms with Crippen molar-refractivity contribution in [2.24, 2.45) is 5.73 Å². The molecule has 0 saturated heterocycles. The Bertz CT molecular complexity index is 734. The summed E-state index contributed by atoms with van der Waals surface area (Å²) >= 11 is 6.33. The maximum atomic E-state index is 10.9. The van der Waals surface area contributed by atoms with Gasteiger partial charge in [0, 0.05) is 0 Å². The van der Waals surface area contributed by atoms with Gasteiger partial charge in [-0.2, -0.15) is 0 Å². The topological polar surface area (TPSA) is 92.8 Å². The molecule has 0 radical (unpaired) electrons. The van der Waals surface area contributed by atoms with E-state index in [2.05, 4.69) is 45.2 Å². The van der Waals surface area contributed by atoms with Crippen molar-refractivity contribution in [3.8, 4) is 17.2 Å². The summed E-state index contributed by atoms with van der Waals surface area (Å²) in [5.74, 6) is 0.507. The third kappa shape index (κ3) is 6.13. The third-order valence-corrected chi connectivity index (χ3v) is 5.44. The van der Waals surface area contributed by atoms with Crippen LogP contribution in [-0.4, -0.2) is 51.8 Å². The molecule has 0 unspecified atom stereocenters. The number of aliphatic carboxylic acids is 1. The molecule has 0 aliphatic rings. The number of hydrogen-bond donors (Lipinski definition) is 3. The molecule has 0 bridgehead atoms. The van der Waals surface area contributed by atoms with E-state index in [0.717, 1.165) is 12.7 Å². The standard InChI is InChI=1S/C15H12I3NO4.Na.H/c16-9-6-8(1-2-13(9)20)23-14-10(17)3-7(4-11(14)18)5-12(19)15(21)22;;/h1-4,6,12,20H,5,19H2,(H,21,22);;/t12-;;/m0../s1. The minimum absolute atomic E-state index is 0. The van der Waals surface area contributed by atoms with E-state index in [1.165, 1.54) is 0 Å². The fraction of sp³-hybridized carbons (Fsp3) is 0.133. The number of phenolic OH excluding ortho intramolecular Hbond substituents is 1. The average Bonchev–Trinajstić information content (AvgIpc) is 2.46. The van der Waals surface area contributed by atoms with Crippen molar-refractivity contribution in [1.82, 2.24) is 0 Å². The van der Waals surface area contributed by atoms with Gasteiger partial charge in [0.1, 0.15) is 17.5 Å². The average molecular weight is 675 g/mol. The van der Waals surface area contributed by atoms with E-state index in [9.17, 15) is 9.90 Å². The molecule has 124 valence electrons. The van der Waals surface area contributed by atoms with Gasteiger partial charge in [-0.1, -0.05) is 0 Å². The van der Waals surface area contributed by atoms with Crippen molar-refractivity contribution in [1.29, 1.82) is 0 Å². The molecular weight excluding hydrogens is 662 g/mol. The van der Waals surface area contributed by atoms with E-state index in [-0.39, 0.29) is 41.7 Å². The van der Waals surface area contributed by atoms with Gasteiger partial charge in [-0.25, -0.2) is 0 Å². The quantitative estimate of drug-likeness (QED) is 0.335. The Morgan fingerprint density at radius 1 is 1.12 bits per heavy atom. The second kappa shape index (κ2) is 10.1. The first kappa shape index (κ1) is 22.7. The van der Waals surface area contributed by atoms with Crippen LogP contribution in [0.1, 0.15) is 5.56 Å². The van der Waals surface area contributed by atoms with Crippen LogP contribution in [0.5, 0.6) is 17.2 Å². The molecule has 2 rings (SSSR count). The number of carboxylic acids is 1. The summed E-state index contributed by atoms with van der Waals surface area (Å²) in [5, 5.41) is 18.5. The number of hydrogen-bond acceptors (Lipinski definition) is 4. The van der Waals surface area contributed by atoms with Crippen LogP contribution in [0, 0.1) is 10.7 Å². The van der Waals surface area contributed by atoms with Gasteiger partial charge < -0.3 is 20.7 Å². The summed E-state index contributed by atoms with van der Waals surface area (Å²) in [4.78, 5) is 10.9. The number of benzene rings is 2. The predicted octanol–water partition coefficient (Wildman–Crippen LogP) is 3.30. The van der Waals surface area contributed by atoms with Gasteiger partial charge in [0.2, 0.25) is 0 Å². The number of carboxylic acid groups (broad SMARTS) is 1. The Balaban J connectivity index is 0.00000288. The first-order valence-electron chi connectivity index (χ1n) is 6.40. The zero-order chi connectivity index (χ0) is 17.1. The molecule has 0 aliphatic heterocycles. The summed E-state index contributed by atoms with van der Waals surface area (Å²) in [5.41, 5.74) is 6.43. The second-order valence-corrected chi connectivity index (χ2v) is 8.24. The van der Waals surface area contributed by atoms with Crippen LogP contribution in [0.25, 0.3) is 0 Å². The van der Waals surface area contributed by atoms with E-state index in [1.54, 1.807) is 18.2 Å². The minimum atomic E-state index is -1.02. The van der Waals surface area contributed by atoms with E-state index in [4.69, 9.17) is 15.6 Å². The molecule has 4 N–H and O–H groups in total. The molecule has 0 heterocycles. The number of aromatic hydroxyl groups is 1. The Morgan fingerprint density at radius 2 is 1.71 bits per heavy atom. The molecule has 0 aliphatic carbocycles. The molecule has 2 aromatic rings. The summed E-state index contributed by atoms with van der Waals surface area (Å²) in [6, 6.07) is 7.83. The molecule has 0 saturated carbocycles. The monoisotopic (exact) mass is 675 g/mol. The van der Waals surface area contributed by atoms with Gasteiger partial charge in [0.25, 0.3) is 0 Å². The molecule has 24 heavy (non-hydrogen) atoms. The maximum absolute atomic E-state index is 10.9. The van der Waals surface area contributed by atoms with Gasteiger partial charge in [-0.15, -0.1) is 0 Å². The van der Waals surface area contributed by atoms with Crippen molar-refractivity contribution in [2.45, 2.75) is 12.5 Å². The zero-order valence-electron chi connectivity index (χ0n) is 11.6. The van der Waals surface area contributed by atoms with Crippen molar-refractivity contribution in [2.75, 3.05) is 0 Å². The normalized spacial score (nSPS) is 11.5. The third-order valence-electron chi connectivity index (χ3n) is 2.97. The van der Waals surface area contributed by atoms with Gasteiger partial charge in [0.05, 0.1) is 10.7 Å². The van der Waals surface area contributed by atoms with Crippen LogP contribution in [0.2, 0.25) is 0 Å². The van der Waals surface area contributed by atoms with Crippen molar-refractivity contribution >= 4 is 103 Å². The summed E-state index contributed by atoms with van der Waals surface area (Å²) < 4.78 is 8.34. The van der Waals surface area contributed by atoms with Gasteiger partial charge in [-0.05, 0) is 110 Å². The van der Waals surface area contributed by atoms with Crippen LogP contribution in [0.15, 0.2) is 30.3 Å². The molecule has 0 aromatic heterocycles. The SMILES string of the molecule is N[C@@H](Cc1cc(I)c(Oc2ccc(O)c(I)c2)c(I)c1)C(=O)O.[NaH]. The second-order valence-electron chi connectivity index (χ2n) is 4.75. The summed E-state index contributed by atoms with van der Waals surface area (Å²) in [6.45, 7) is 0. The number of nitrogens with two attached hydrogens (primary N) is 1. The number of rotatable bonds is 5. The molecular formula is C15H13I3NNaO4. The van der Waals surface area contributed by atoms with E-state index in [1.807, 2.05) is 34.7 Å². The first-order valence-corrected chi connectivity index (χ1v) is 9.64. The van der Waals surface area contributed by atoms with Crippen LogP contribution < -0.4 is 10.5 Å². The number of carbonyl (C=O) groups is 1. The zero-order valence-corrected chi connectivity index (χ0v) is 18.1. The Hall–Kier alpha value is 0.660. The van der Waals surface area contributed by atoms with Gasteiger partial charge in [0.15, 0.2) is 5.75 Å². The Labute approximate surface area is 202 Å². The van der Waals surface area contributed by atoms with Crippen molar-refractivity contribution in [3.63, 3.8) is 0 Å². The molecule has 0 fully saturated rings. The van der Waals surface area contributed by atoms with E-state index >= 15 is 0 Å². The van der Waals surface area contributed by atoms with Crippen molar-refractivity contribution in [3.05, 3.63) is 46.6 Å². The Kier molecular flexibility index (Phi) is 9.57. The summed E-state index contributed by atoms with van der Waals surface area (Å²) in [6.07, 6.45) is 0.263.